The summed E-state index contributed by atoms with van der Waals surface area (Å²) < 4.78 is 11.8. The summed E-state index contributed by atoms with van der Waals surface area (Å²) in [5, 5.41) is 9.03. The normalized spacial score (nSPS) is 14.8. The van der Waals surface area contributed by atoms with Gasteiger partial charge in [0.2, 0.25) is 5.91 Å². The van der Waals surface area contributed by atoms with Gasteiger partial charge < -0.3 is 14.4 Å². The second-order valence-electron chi connectivity index (χ2n) is 8.73. The zero-order valence-electron chi connectivity index (χ0n) is 20.1. The second kappa shape index (κ2) is 12.2. The Labute approximate surface area is 207 Å². The van der Waals surface area contributed by atoms with E-state index in [4.69, 9.17) is 14.7 Å². The molecule has 1 aliphatic heterocycles. The Kier molecular flexibility index (Phi) is 8.50. The molecule has 1 aliphatic rings. The van der Waals surface area contributed by atoms with Gasteiger partial charge in [-0.2, -0.15) is 5.26 Å². The van der Waals surface area contributed by atoms with Crippen LogP contribution in [0.3, 0.4) is 0 Å². The van der Waals surface area contributed by atoms with Gasteiger partial charge in [0.05, 0.1) is 37.9 Å². The second-order valence-corrected chi connectivity index (χ2v) is 8.73. The molecule has 0 bridgehead atoms. The number of benzene rings is 3. The topological polar surface area (TPSA) is 65.8 Å². The van der Waals surface area contributed by atoms with Gasteiger partial charge >= 0.3 is 0 Å². The van der Waals surface area contributed by atoms with Crippen LogP contribution in [-0.2, 0) is 22.6 Å². The predicted molar refractivity (Wildman–Crippen MR) is 135 cm³/mol. The van der Waals surface area contributed by atoms with Crippen molar-refractivity contribution in [2.75, 3.05) is 39.8 Å². The van der Waals surface area contributed by atoms with Gasteiger partial charge in [0, 0.05) is 32.7 Å². The van der Waals surface area contributed by atoms with Gasteiger partial charge in [-0.3, -0.25) is 9.69 Å². The first-order valence-electron chi connectivity index (χ1n) is 11.9. The summed E-state index contributed by atoms with van der Waals surface area (Å²) in [6.07, 6.45) is 0.299. The highest BCUT2D eigenvalue weighted by molar-refractivity contribution is 5.78. The maximum absolute atomic E-state index is 12.7. The highest BCUT2D eigenvalue weighted by atomic mass is 16.5. The number of hydrogen-bond acceptors (Lipinski definition) is 5. The van der Waals surface area contributed by atoms with Gasteiger partial charge in [0.1, 0.15) is 5.75 Å². The van der Waals surface area contributed by atoms with Crippen molar-refractivity contribution >= 4 is 5.91 Å². The first-order valence-corrected chi connectivity index (χ1v) is 11.9. The molecule has 1 heterocycles. The number of ether oxygens (including phenoxy) is 2. The molecular weight excluding hydrogens is 438 g/mol. The molecule has 3 aromatic rings. The van der Waals surface area contributed by atoms with Crippen molar-refractivity contribution in [3.8, 4) is 11.8 Å². The highest BCUT2D eigenvalue weighted by Gasteiger charge is 2.24. The number of hydrogen-bond donors (Lipinski definition) is 0. The number of piperazine rings is 1. The first kappa shape index (κ1) is 24.5. The molecule has 1 fully saturated rings. The summed E-state index contributed by atoms with van der Waals surface area (Å²) in [4.78, 5) is 17.1. The summed E-state index contributed by atoms with van der Waals surface area (Å²) >= 11 is 0. The lowest BCUT2D eigenvalue weighted by Gasteiger charge is -2.36. The molecule has 0 aliphatic carbocycles. The molecule has 0 unspecified atom stereocenters. The molecule has 0 radical (unpaired) electrons. The van der Waals surface area contributed by atoms with Crippen LogP contribution in [-0.4, -0.2) is 55.5 Å². The summed E-state index contributed by atoms with van der Waals surface area (Å²) in [5.41, 5.74) is 3.76. The average molecular weight is 470 g/mol. The molecule has 0 saturated carbocycles. The number of nitriles is 1. The fraction of sp³-hybridized carbons (Fsp3) is 0.310. The molecule has 1 saturated heterocycles. The highest BCUT2D eigenvalue weighted by Crippen LogP contribution is 2.25. The molecule has 6 nitrogen and oxygen atoms in total. The van der Waals surface area contributed by atoms with E-state index >= 15 is 0 Å². The number of carbonyl (C=O) groups excluding carboxylic acids is 1. The maximum atomic E-state index is 12.7. The van der Waals surface area contributed by atoms with Gasteiger partial charge in [-0.15, -0.1) is 0 Å². The number of amides is 1. The quantitative estimate of drug-likeness (QED) is 0.470. The number of rotatable bonds is 9. The Morgan fingerprint density at radius 2 is 1.69 bits per heavy atom. The van der Waals surface area contributed by atoms with Crippen molar-refractivity contribution < 1.29 is 14.3 Å². The molecule has 0 spiro atoms. The fourth-order valence-corrected chi connectivity index (χ4v) is 4.27. The lowest BCUT2D eigenvalue weighted by molar-refractivity contribution is -0.132. The van der Waals surface area contributed by atoms with Crippen molar-refractivity contribution in [1.82, 2.24) is 9.80 Å². The van der Waals surface area contributed by atoms with Crippen LogP contribution in [0.2, 0.25) is 0 Å². The van der Waals surface area contributed by atoms with Crippen LogP contribution >= 0.6 is 0 Å². The van der Waals surface area contributed by atoms with Crippen molar-refractivity contribution in [2.45, 2.75) is 19.1 Å². The maximum Gasteiger partial charge on any atom is 0.227 e. The minimum Gasteiger partial charge on any atom is -0.497 e. The minimum absolute atomic E-state index is 0.146. The summed E-state index contributed by atoms with van der Waals surface area (Å²) in [7, 11) is 1.66. The fourth-order valence-electron chi connectivity index (χ4n) is 4.27. The van der Waals surface area contributed by atoms with E-state index in [0.717, 1.165) is 42.1 Å². The Hall–Kier alpha value is -3.66. The SMILES string of the molecule is COc1cccc([C@@H](CN2CCN(C(=O)Cc3ccccc3)CC2)OCc2ccc(C#N)cc2)c1. The van der Waals surface area contributed by atoms with E-state index in [9.17, 15) is 4.79 Å². The largest absolute Gasteiger partial charge is 0.497 e. The van der Waals surface area contributed by atoms with Crippen LogP contribution in [0.1, 0.15) is 28.4 Å². The number of nitrogens with zero attached hydrogens (tertiary/aromatic N) is 3. The van der Waals surface area contributed by atoms with E-state index in [-0.39, 0.29) is 12.0 Å². The van der Waals surface area contributed by atoms with Crippen molar-refractivity contribution in [1.29, 1.82) is 5.26 Å². The third-order valence-corrected chi connectivity index (χ3v) is 6.35. The van der Waals surface area contributed by atoms with Crippen LogP contribution in [0.15, 0.2) is 78.9 Å². The van der Waals surface area contributed by atoms with Crippen molar-refractivity contribution in [3.05, 3.63) is 101 Å². The van der Waals surface area contributed by atoms with E-state index in [1.165, 1.54) is 0 Å². The van der Waals surface area contributed by atoms with Crippen molar-refractivity contribution in [3.63, 3.8) is 0 Å². The molecule has 180 valence electrons. The number of methoxy groups -OCH3 is 1. The van der Waals surface area contributed by atoms with Crippen LogP contribution in [0.4, 0.5) is 0 Å². The first-order chi connectivity index (χ1) is 17.1. The molecule has 35 heavy (non-hydrogen) atoms. The lowest BCUT2D eigenvalue weighted by atomic mass is 10.1. The summed E-state index contributed by atoms with van der Waals surface area (Å²) in [5.74, 6) is 0.975. The van der Waals surface area contributed by atoms with Crippen LogP contribution in [0.5, 0.6) is 5.75 Å². The molecule has 0 aromatic heterocycles. The zero-order chi connectivity index (χ0) is 24.5. The number of carbonyl (C=O) groups is 1. The monoisotopic (exact) mass is 469 g/mol. The molecule has 6 heteroatoms. The Morgan fingerprint density at radius 1 is 0.943 bits per heavy atom. The van der Waals surface area contributed by atoms with Crippen LogP contribution in [0.25, 0.3) is 0 Å². The third-order valence-electron chi connectivity index (χ3n) is 6.35. The molecule has 4 rings (SSSR count). The molecule has 3 aromatic carbocycles. The van der Waals surface area contributed by atoms with Gasteiger partial charge in [-0.1, -0.05) is 54.6 Å². The van der Waals surface area contributed by atoms with E-state index in [2.05, 4.69) is 17.0 Å². The third kappa shape index (κ3) is 6.92. The Morgan fingerprint density at radius 3 is 2.37 bits per heavy atom. The lowest BCUT2D eigenvalue weighted by Crippen LogP contribution is -2.50. The van der Waals surface area contributed by atoms with E-state index in [1.807, 2.05) is 77.7 Å². The van der Waals surface area contributed by atoms with Crippen LogP contribution in [0, 0.1) is 11.3 Å². The predicted octanol–water partition coefficient (Wildman–Crippen LogP) is 4.21. The minimum atomic E-state index is -0.146. The molecule has 0 N–H and O–H groups in total. The standard InChI is InChI=1S/C29H31N3O3/c1-34-27-9-5-8-26(19-27)28(35-22-25-12-10-24(20-30)11-13-25)21-31-14-16-32(17-15-31)29(33)18-23-6-3-2-4-7-23/h2-13,19,28H,14-18,21-22H2,1H3/t28-/m1/s1. The summed E-state index contributed by atoms with van der Waals surface area (Å²) in [6.45, 7) is 4.22. The Bertz CT molecular complexity index is 1130. The molecule has 1 atom stereocenters. The van der Waals surface area contributed by atoms with E-state index in [0.29, 0.717) is 31.7 Å². The van der Waals surface area contributed by atoms with Crippen molar-refractivity contribution in [2.24, 2.45) is 0 Å². The van der Waals surface area contributed by atoms with Gasteiger partial charge in [-0.25, -0.2) is 0 Å². The van der Waals surface area contributed by atoms with E-state index < -0.39 is 0 Å². The molecule has 1 amide bonds. The smallest absolute Gasteiger partial charge is 0.227 e. The average Bonchev–Trinajstić information content (AvgIpc) is 2.92. The van der Waals surface area contributed by atoms with Gasteiger partial charge in [0.25, 0.3) is 0 Å². The van der Waals surface area contributed by atoms with E-state index in [1.54, 1.807) is 7.11 Å². The van der Waals surface area contributed by atoms with Gasteiger partial charge in [0.15, 0.2) is 0 Å². The van der Waals surface area contributed by atoms with Gasteiger partial charge in [-0.05, 0) is 41.0 Å². The summed E-state index contributed by atoms with van der Waals surface area (Å²) in [6, 6.07) is 27.5. The molecular formula is C29H31N3O3. The Balaban J connectivity index is 1.37. The van der Waals surface area contributed by atoms with Crippen LogP contribution < -0.4 is 4.74 Å². The zero-order valence-corrected chi connectivity index (χ0v) is 20.1.